The Morgan fingerprint density at radius 1 is 1.17 bits per heavy atom. The Morgan fingerprint density at radius 3 is 2.33 bits per heavy atom. The smallest absolute Gasteiger partial charge is 0.115 e. The first-order valence-corrected chi connectivity index (χ1v) is 6.60. The van der Waals surface area contributed by atoms with E-state index in [0.29, 0.717) is 6.54 Å². The number of nitrogens with one attached hydrogen (secondary N) is 1. The Bertz CT molecular complexity index is 372. The number of benzene rings is 1. The van der Waals surface area contributed by atoms with Crippen LogP contribution < -0.4 is 11.3 Å². The molecule has 0 amide bonds. The summed E-state index contributed by atoms with van der Waals surface area (Å²) >= 11 is 0. The Balaban J connectivity index is 2.23. The summed E-state index contributed by atoms with van der Waals surface area (Å²) in [6, 6.07) is 7.05. The van der Waals surface area contributed by atoms with E-state index in [9.17, 15) is 10.2 Å². The number of rotatable bonds is 4. The maximum atomic E-state index is 10.8. The molecule has 18 heavy (non-hydrogen) atoms. The molecule has 1 aliphatic rings. The fraction of sp³-hybridized carbons (Fsp3) is 0.571. The fourth-order valence-electron chi connectivity index (χ4n) is 2.96. The molecule has 1 aliphatic carbocycles. The van der Waals surface area contributed by atoms with E-state index >= 15 is 0 Å². The number of hydrogen-bond donors (Lipinski definition) is 4. The molecule has 1 saturated carbocycles. The zero-order valence-corrected chi connectivity index (χ0v) is 10.6. The fourth-order valence-corrected chi connectivity index (χ4v) is 2.96. The van der Waals surface area contributed by atoms with E-state index in [1.54, 1.807) is 12.1 Å². The largest absolute Gasteiger partial charge is 0.508 e. The van der Waals surface area contributed by atoms with E-state index in [0.717, 1.165) is 31.2 Å². The van der Waals surface area contributed by atoms with Gasteiger partial charge in [0.2, 0.25) is 0 Å². The summed E-state index contributed by atoms with van der Waals surface area (Å²) in [7, 11) is 0. The Morgan fingerprint density at radius 2 is 1.78 bits per heavy atom. The van der Waals surface area contributed by atoms with Crippen molar-refractivity contribution in [3.8, 4) is 5.75 Å². The van der Waals surface area contributed by atoms with Crippen LogP contribution in [0.15, 0.2) is 24.3 Å². The third kappa shape index (κ3) is 2.83. The van der Waals surface area contributed by atoms with Crippen molar-refractivity contribution in [2.24, 2.45) is 5.84 Å². The van der Waals surface area contributed by atoms with Gasteiger partial charge in [-0.1, -0.05) is 31.4 Å². The van der Waals surface area contributed by atoms with Gasteiger partial charge in [0.25, 0.3) is 0 Å². The van der Waals surface area contributed by atoms with Gasteiger partial charge in [0, 0.05) is 12.5 Å². The van der Waals surface area contributed by atoms with Crippen LogP contribution in [-0.2, 0) is 0 Å². The summed E-state index contributed by atoms with van der Waals surface area (Å²) in [6.45, 7) is 0.543. The van der Waals surface area contributed by atoms with Crippen LogP contribution in [0.4, 0.5) is 0 Å². The second-order valence-electron chi connectivity index (χ2n) is 5.22. The molecule has 0 aliphatic heterocycles. The molecule has 1 unspecified atom stereocenters. The van der Waals surface area contributed by atoms with Crippen molar-refractivity contribution in [1.29, 1.82) is 0 Å². The van der Waals surface area contributed by atoms with Gasteiger partial charge in [-0.2, -0.15) is 0 Å². The number of hydrogen-bond acceptors (Lipinski definition) is 4. The van der Waals surface area contributed by atoms with Gasteiger partial charge >= 0.3 is 0 Å². The molecule has 100 valence electrons. The average molecular weight is 250 g/mol. The van der Waals surface area contributed by atoms with Gasteiger partial charge in [-0.3, -0.25) is 11.3 Å². The summed E-state index contributed by atoms with van der Waals surface area (Å²) < 4.78 is 0. The quantitative estimate of drug-likeness (QED) is 0.484. The van der Waals surface area contributed by atoms with Crippen LogP contribution in [0.2, 0.25) is 0 Å². The van der Waals surface area contributed by atoms with Gasteiger partial charge < -0.3 is 10.2 Å². The van der Waals surface area contributed by atoms with Crippen LogP contribution in [0.25, 0.3) is 0 Å². The standard InChI is InChI=1S/C14H22N2O2/c15-16-10-13(11-4-6-12(17)7-5-11)14(18)8-2-1-3-9-14/h4-7,13,16-18H,1-3,8-10,15H2. The minimum atomic E-state index is -0.679. The highest BCUT2D eigenvalue weighted by atomic mass is 16.3. The highest BCUT2D eigenvalue weighted by molar-refractivity contribution is 5.30. The summed E-state index contributed by atoms with van der Waals surface area (Å²) in [6.07, 6.45) is 4.96. The second kappa shape index (κ2) is 5.69. The molecule has 0 heterocycles. The summed E-state index contributed by atoms with van der Waals surface area (Å²) in [5, 5.41) is 20.2. The van der Waals surface area contributed by atoms with Gasteiger partial charge in [-0.25, -0.2) is 0 Å². The van der Waals surface area contributed by atoms with Gasteiger partial charge in [-0.05, 0) is 30.5 Å². The predicted octanol–water partition coefficient (Wildman–Crippen LogP) is 1.63. The number of aliphatic hydroxyl groups is 1. The van der Waals surface area contributed by atoms with Crippen molar-refractivity contribution in [3.63, 3.8) is 0 Å². The highest BCUT2D eigenvalue weighted by Crippen LogP contribution is 2.39. The van der Waals surface area contributed by atoms with E-state index in [4.69, 9.17) is 5.84 Å². The van der Waals surface area contributed by atoms with Gasteiger partial charge in [0.05, 0.1) is 5.60 Å². The van der Waals surface area contributed by atoms with Gasteiger partial charge in [0.1, 0.15) is 5.75 Å². The lowest BCUT2D eigenvalue weighted by molar-refractivity contribution is -0.0215. The van der Waals surface area contributed by atoms with Crippen molar-refractivity contribution in [1.82, 2.24) is 5.43 Å². The molecule has 1 aromatic rings. The molecule has 2 rings (SSSR count). The van der Waals surface area contributed by atoms with Crippen LogP contribution in [0.1, 0.15) is 43.6 Å². The molecule has 0 bridgehead atoms. The summed E-state index contributed by atoms with van der Waals surface area (Å²) in [5.41, 5.74) is 3.03. The first-order valence-electron chi connectivity index (χ1n) is 6.60. The summed E-state index contributed by atoms with van der Waals surface area (Å²) in [4.78, 5) is 0. The predicted molar refractivity (Wildman–Crippen MR) is 71.1 cm³/mol. The lowest BCUT2D eigenvalue weighted by Crippen LogP contribution is -2.44. The monoisotopic (exact) mass is 250 g/mol. The van der Waals surface area contributed by atoms with Crippen molar-refractivity contribution < 1.29 is 10.2 Å². The van der Waals surface area contributed by atoms with Crippen molar-refractivity contribution in [2.75, 3.05) is 6.54 Å². The van der Waals surface area contributed by atoms with E-state index in [1.807, 2.05) is 12.1 Å². The molecule has 1 atom stereocenters. The SMILES string of the molecule is NNCC(c1ccc(O)cc1)C1(O)CCCCC1. The normalized spacial score (nSPS) is 20.6. The third-order valence-corrected chi connectivity index (χ3v) is 3.99. The van der Waals surface area contributed by atoms with Crippen LogP contribution in [0.3, 0.4) is 0 Å². The second-order valence-corrected chi connectivity index (χ2v) is 5.22. The molecule has 0 radical (unpaired) electrons. The van der Waals surface area contributed by atoms with Gasteiger partial charge in [0.15, 0.2) is 0 Å². The van der Waals surface area contributed by atoms with E-state index in [2.05, 4.69) is 5.43 Å². The molecular formula is C14H22N2O2. The number of phenols is 1. The first kappa shape index (κ1) is 13.3. The maximum Gasteiger partial charge on any atom is 0.115 e. The molecule has 0 saturated heterocycles. The molecular weight excluding hydrogens is 228 g/mol. The van der Waals surface area contributed by atoms with Crippen LogP contribution in [-0.4, -0.2) is 22.4 Å². The van der Waals surface area contributed by atoms with E-state index in [-0.39, 0.29) is 11.7 Å². The van der Waals surface area contributed by atoms with Crippen LogP contribution in [0.5, 0.6) is 5.75 Å². The zero-order chi connectivity index (χ0) is 13.0. The maximum absolute atomic E-state index is 10.8. The molecule has 1 fully saturated rings. The molecule has 4 heteroatoms. The molecule has 1 aromatic carbocycles. The van der Waals surface area contributed by atoms with Crippen LogP contribution in [0, 0.1) is 0 Å². The van der Waals surface area contributed by atoms with Crippen LogP contribution >= 0.6 is 0 Å². The van der Waals surface area contributed by atoms with Crippen molar-refractivity contribution in [3.05, 3.63) is 29.8 Å². The Kier molecular flexibility index (Phi) is 4.22. The summed E-state index contributed by atoms with van der Waals surface area (Å²) in [5.74, 6) is 5.67. The minimum Gasteiger partial charge on any atom is -0.508 e. The highest BCUT2D eigenvalue weighted by Gasteiger charge is 2.38. The number of hydrazine groups is 1. The third-order valence-electron chi connectivity index (χ3n) is 3.99. The molecule has 0 spiro atoms. The molecule has 5 N–H and O–H groups in total. The average Bonchev–Trinajstić information content (AvgIpc) is 2.38. The topological polar surface area (TPSA) is 78.5 Å². The van der Waals surface area contributed by atoms with E-state index < -0.39 is 5.60 Å². The lowest BCUT2D eigenvalue weighted by atomic mass is 9.73. The van der Waals surface area contributed by atoms with Crippen molar-refractivity contribution in [2.45, 2.75) is 43.6 Å². The van der Waals surface area contributed by atoms with E-state index in [1.165, 1.54) is 6.42 Å². The zero-order valence-electron chi connectivity index (χ0n) is 10.6. The minimum absolute atomic E-state index is 0.0246. The van der Waals surface area contributed by atoms with Gasteiger partial charge in [-0.15, -0.1) is 0 Å². The lowest BCUT2D eigenvalue weighted by Gasteiger charge is -2.39. The first-order chi connectivity index (χ1) is 8.65. The number of phenolic OH excluding ortho intramolecular Hbond substituents is 1. The number of aromatic hydroxyl groups is 1. The number of nitrogens with two attached hydrogens (primary N) is 1. The van der Waals surface area contributed by atoms with Crippen molar-refractivity contribution >= 4 is 0 Å². The molecule has 4 nitrogen and oxygen atoms in total. The Labute approximate surface area is 108 Å². The molecule has 0 aromatic heterocycles. The Hall–Kier alpha value is -1.10.